The summed E-state index contributed by atoms with van der Waals surface area (Å²) in [4.78, 5) is 39.7. The van der Waals surface area contributed by atoms with Gasteiger partial charge in [-0.15, -0.1) is 11.3 Å². The minimum Gasteiger partial charge on any atom is -0.354 e. The van der Waals surface area contributed by atoms with Gasteiger partial charge in [0.2, 0.25) is 11.8 Å². The van der Waals surface area contributed by atoms with Crippen LogP contribution in [0.2, 0.25) is 10.0 Å². The maximum atomic E-state index is 14.0. The number of rotatable bonds is 8. The van der Waals surface area contributed by atoms with E-state index in [9.17, 15) is 27.6 Å². The lowest BCUT2D eigenvalue weighted by Crippen LogP contribution is -2.46. The zero-order valence-electron chi connectivity index (χ0n) is 26.4. The number of alkyl halides is 3. The average Bonchev–Trinajstić information content (AvgIpc) is 3.67. The number of nitrogens with zero attached hydrogens (tertiary/aromatic N) is 3. The molecule has 5 rings (SSSR count). The number of aromatic nitrogens is 2. The van der Waals surface area contributed by atoms with Gasteiger partial charge >= 0.3 is 6.18 Å². The Morgan fingerprint density at radius 3 is 2.31 bits per heavy atom. The predicted molar refractivity (Wildman–Crippen MR) is 182 cm³/mol. The van der Waals surface area contributed by atoms with Crippen molar-refractivity contribution in [3.63, 3.8) is 0 Å². The number of halogens is 5. The molecule has 256 valence electrons. The van der Waals surface area contributed by atoms with Gasteiger partial charge in [-0.05, 0) is 67.4 Å². The van der Waals surface area contributed by atoms with Crippen LogP contribution < -0.4 is 16.1 Å². The number of carbonyl (C=O) groups is 3. The van der Waals surface area contributed by atoms with E-state index in [0.29, 0.717) is 50.4 Å². The van der Waals surface area contributed by atoms with Gasteiger partial charge < -0.3 is 10.6 Å². The monoisotopic (exact) mass is 730 g/mol. The quantitative estimate of drug-likeness (QED) is 0.174. The van der Waals surface area contributed by atoms with Crippen LogP contribution in [0.15, 0.2) is 54.6 Å². The molecule has 1 aliphatic heterocycles. The zero-order valence-corrected chi connectivity index (χ0v) is 28.7. The lowest BCUT2D eigenvalue weighted by molar-refractivity contribution is -0.137. The Kier molecular flexibility index (Phi) is 11.3. The summed E-state index contributed by atoms with van der Waals surface area (Å²) < 4.78 is 40.6. The number of hydrazine groups is 1. The minimum absolute atomic E-state index is 0.00137. The Morgan fingerprint density at radius 2 is 1.67 bits per heavy atom. The van der Waals surface area contributed by atoms with E-state index < -0.39 is 29.6 Å². The second-order valence-electron chi connectivity index (χ2n) is 11.3. The lowest BCUT2D eigenvalue weighted by atomic mass is 10.0. The van der Waals surface area contributed by atoms with Crippen molar-refractivity contribution in [3.8, 4) is 28.1 Å². The van der Waals surface area contributed by atoms with E-state index in [1.165, 1.54) is 48.1 Å². The molecule has 4 aromatic rings. The molecule has 15 heteroatoms. The van der Waals surface area contributed by atoms with Crippen molar-refractivity contribution in [1.29, 1.82) is 0 Å². The minimum atomic E-state index is -4.46. The van der Waals surface area contributed by atoms with Gasteiger partial charge in [-0.1, -0.05) is 41.5 Å². The van der Waals surface area contributed by atoms with E-state index in [4.69, 9.17) is 28.3 Å². The Labute approximate surface area is 294 Å². The maximum Gasteiger partial charge on any atom is 0.416 e. The van der Waals surface area contributed by atoms with Crippen LogP contribution in [0.3, 0.4) is 0 Å². The normalized spacial score (nSPS) is 14.0. The number of benzene rings is 2. The highest BCUT2D eigenvalue weighted by Crippen LogP contribution is 2.39. The first kappa shape index (κ1) is 35.9. The van der Waals surface area contributed by atoms with E-state index in [1.807, 2.05) is 5.01 Å². The first-order chi connectivity index (χ1) is 23.3. The zero-order chi connectivity index (χ0) is 35.3. The van der Waals surface area contributed by atoms with Crippen molar-refractivity contribution in [2.45, 2.75) is 45.3 Å². The van der Waals surface area contributed by atoms with Gasteiger partial charge in [-0.2, -0.15) is 18.3 Å². The van der Waals surface area contributed by atoms with Gasteiger partial charge in [0.25, 0.3) is 5.91 Å². The molecule has 0 saturated carbocycles. The van der Waals surface area contributed by atoms with Gasteiger partial charge in [0, 0.05) is 49.6 Å². The molecular formula is C34H31Cl2F3N6O3S. The summed E-state index contributed by atoms with van der Waals surface area (Å²) in [5, 5.41) is 12.8. The Hall–Kier alpha value is -4.35. The molecule has 3 amide bonds. The summed E-state index contributed by atoms with van der Waals surface area (Å²) in [7, 11) is 0. The van der Waals surface area contributed by atoms with Crippen molar-refractivity contribution in [1.82, 2.24) is 30.8 Å². The summed E-state index contributed by atoms with van der Waals surface area (Å²) >= 11 is 14.1. The Balaban J connectivity index is 1.67. The molecule has 1 atom stereocenters. The van der Waals surface area contributed by atoms with E-state index in [2.05, 4.69) is 27.9 Å². The first-order valence-electron chi connectivity index (χ1n) is 15.3. The number of piperidine rings is 1. The molecule has 0 aliphatic carbocycles. The van der Waals surface area contributed by atoms with E-state index >= 15 is 0 Å². The fourth-order valence-corrected chi connectivity index (χ4v) is 6.71. The summed E-state index contributed by atoms with van der Waals surface area (Å²) in [6.07, 6.45) is -1.58. The Bertz CT molecular complexity index is 1930. The van der Waals surface area contributed by atoms with Crippen LogP contribution in [0.4, 0.5) is 13.2 Å². The standard InChI is InChI=1S/C34H31Cl2F3N6O3S/c1-20(46)40-19-27(41-21(2)47)30-31(33(48)43-44-16-4-3-5-17-44)42-45(28-14-11-24(35)18-26(28)36)32(30)29-15-13-25(49-29)12-8-22-6-9-23(10-7-22)34(37,38)39/h6-7,9-11,13-15,18,27H,3-5,16-17,19H2,1-2H3,(H,40,46)(H,41,47)(H,43,48). The summed E-state index contributed by atoms with van der Waals surface area (Å²) in [6.45, 7) is 3.93. The molecule has 1 saturated heterocycles. The predicted octanol–water partition coefficient (Wildman–Crippen LogP) is 6.77. The average molecular weight is 732 g/mol. The van der Waals surface area contributed by atoms with Crippen LogP contribution in [-0.4, -0.2) is 52.1 Å². The van der Waals surface area contributed by atoms with Crippen molar-refractivity contribution in [2.75, 3.05) is 19.6 Å². The molecule has 1 unspecified atom stereocenters. The Morgan fingerprint density at radius 1 is 0.959 bits per heavy atom. The SMILES string of the molecule is CC(=O)NCC(NC(C)=O)c1c(C(=O)NN2CCCCC2)nn(-c2ccc(Cl)cc2Cl)c1-c1ccc(C#Cc2ccc(C(F)(F)F)cc2)s1. The third-order valence-electron chi connectivity index (χ3n) is 7.55. The van der Waals surface area contributed by atoms with Gasteiger partial charge in [0.1, 0.15) is 0 Å². The molecule has 0 radical (unpaired) electrons. The second-order valence-corrected chi connectivity index (χ2v) is 13.2. The van der Waals surface area contributed by atoms with Gasteiger partial charge in [0.05, 0.1) is 37.8 Å². The highest BCUT2D eigenvalue weighted by Gasteiger charge is 2.33. The number of carbonyl (C=O) groups excluding carboxylic acids is 3. The maximum absolute atomic E-state index is 14.0. The van der Waals surface area contributed by atoms with Crippen LogP contribution in [0.25, 0.3) is 16.3 Å². The first-order valence-corrected chi connectivity index (χ1v) is 16.8. The lowest BCUT2D eigenvalue weighted by Gasteiger charge is -2.27. The molecule has 49 heavy (non-hydrogen) atoms. The summed E-state index contributed by atoms with van der Waals surface area (Å²) in [5.41, 5.74) is 3.69. The van der Waals surface area contributed by atoms with Gasteiger partial charge in [0.15, 0.2) is 5.69 Å². The van der Waals surface area contributed by atoms with E-state index in [1.54, 1.807) is 24.3 Å². The van der Waals surface area contributed by atoms with Gasteiger partial charge in [-0.25, -0.2) is 9.69 Å². The fraction of sp³-hybridized carbons (Fsp3) is 0.294. The molecule has 9 nitrogen and oxygen atoms in total. The smallest absolute Gasteiger partial charge is 0.354 e. The third kappa shape index (κ3) is 9.01. The van der Waals surface area contributed by atoms with Crippen molar-refractivity contribution >= 4 is 52.3 Å². The summed E-state index contributed by atoms with van der Waals surface area (Å²) in [5.74, 6) is 4.62. The molecule has 0 bridgehead atoms. The third-order valence-corrected chi connectivity index (χ3v) is 9.10. The molecular weight excluding hydrogens is 700 g/mol. The van der Waals surface area contributed by atoms with E-state index in [0.717, 1.165) is 31.4 Å². The van der Waals surface area contributed by atoms with Crippen LogP contribution in [0.1, 0.15) is 71.2 Å². The van der Waals surface area contributed by atoms with Crippen molar-refractivity contribution < 1.29 is 27.6 Å². The molecule has 3 heterocycles. The van der Waals surface area contributed by atoms with Crippen LogP contribution in [-0.2, 0) is 15.8 Å². The van der Waals surface area contributed by atoms with Crippen molar-refractivity contribution in [3.05, 3.63) is 91.9 Å². The molecule has 2 aromatic carbocycles. The van der Waals surface area contributed by atoms with E-state index in [-0.39, 0.29) is 23.2 Å². The van der Waals surface area contributed by atoms with Crippen LogP contribution >= 0.6 is 34.5 Å². The van der Waals surface area contributed by atoms with Crippen LogP contribution in [0, 0.1) is 11.8 Å². The topological polar surface area (TPSA) is 108 Å². The molecule has 0 spiro atoms. The molecule has 2 aromatic heterocycles. The fourth-order valence-electron chi connectivity index (χ4n) is 5.32. The number of amides is 3. The van der Waals surface area contributed by atoms with Crippen molar-refractivity contribution in [2.24, 2.45) is 0 Å². The van der Waals surface area contributed by atoms with Gasteiger partial charge in [-0.3, -0.25) is 19.8 Å². The highest BCUT2D eigenvalue weighted by atomic mass is 35.5. The highest BCUT2D eigenvalue weighted by molar-refractivity contribution is 7.16. The number of thiophene rings is 1. The number of hydrogen-bond donors (Lipinski definition) is 3. The molecule has 1 fully saturated rings. The number of hydrogen-bond acceptors (Lipinski definition) is 6. The second kappa shape index (κ2) is 15.5. The molecule has 3 N–H and O–H groups in total. The summed E-state index contributed by atoms with van der Waals surface area (Å²) in [6, 6.07) is 11.9. The molecule has 1 aliphatic rings. The number of nitrogens with one attached hydrogen (secondary N) is 3. The largest absolute Gasteiger partial charge is 0.416 e. The van der Waals surface area contributed by atoms with Crippen LogP contribution in [0.5, 0.6) is 0 Å².